The van der Waals surface area contributed by atoms with Gasteiger partial charge in [-0.25, -0.2) is 0 Å². The first kappa shape index (κ1) is 18.6. The Labute approximate surface area is 164 Å². The van der Waals surface area contributed by atoms with Crippen LogP contribution in [-0.2, 0) is 16.0 Å². The molecule has 144 valence electrons. The van der Waals surface area contributed by atoms with E-state index in [9.17, 15) is 0 Å². The average molecular weight is 389 g/mol. The van der Waals surface area contributed by atoms with Gasteiger partial charge in [0.05, 0.1) is 30.1 Å². The summed E-state index contributed by atoms with van der Waals surface area (Å²) >= 11 is 6.50. The number of hydrogen-bond donors (Lipinski definition) is 1. The molecule has 4 heterocycles. The van der Waals surface area contributed by atoms with Crippen molar-refractivity contribution in [2.24, 2.45) is 0 Å². The number of hydrogen-bond acceptors (Lipinski definition) is 5. The van der Waals surface area contributed by atoms with Crippen LogP contribution in [0.25, 0.3) is 16.7 Å². The number of halogens is 1. The van der Waals surface area contributed by atoms with Gasteiger partial charge in [-0.1, -0.05) is 17.7 Å². The third-order valence-electron chi connectivity index (χ3n) is 4.94. The van der Waals surface area contributed by atoms with Crippen molar-refractivity contribution < 1.29 is 9.47 Å². The van der Waals surface area contributed by atoms with Gasteiger partial charge in [0, 0.05) is 36.7 Å². The maximum Gasteiger partial charge on any atom is 0.157 e. The van der Waals surface area contributed by atoms with E-state index < -0.39 is 0 Å². The molecule has 1 fully saturated rings. The van der Waals surface area contributed by atoms with Gasteiger partial charge in [0.1, 0.15) is 0 Å². The van der Waals surface area contributed by atoms with Crippen LogP contribution in [0.1, 0.15) is 31.4 Å². The molecule has 1 N–H and O–H groups in total. The van der Waals surface area contributed by atoms with Crippen molar-refractivity contribution in [2.45, 2.75) is 38.5 Å². The summed E-state index contributed by atoms with van der Waals surface area (Å²) < 4.78 is 13.2. The molecule has 0 radical (unpaired) electrons. The molecule has 2 aromatic rings. The van der Waals surface area contributed by atoms with Gasteiger partial charge in [0.25, 0.3) is 0 Å². The fraction of sp³-hybridized carbons (Fsp3) is 0.500. The SMILES string of the molecule is Clc1cc(-c2cnn(CCOC3CCCCO3)c2)cnc1C1=CCNCC1. The van der Waals surface area contributed by atoms with Crippen molar-refractivity contribution in [3.8, 4) is 11.1 Å². The molecular weight excluding hydrogens is 364 g/mol. The first-order valence-corrected chi connectivity index (χ1v) is 9.99. The molecule has 4 rings (SSSR count). The lowest BCUT2D eigenvalue weighted by molar-refractivity contribution is -0.163. The number of pyridine rings is 1. The van der Waals surface area contributed by atoms with Gasteiger partial charge >= 0.3 is 0 Å². The minimum absolute atomic E-state index is 0.0615. The summed E-state index contributed by atoms with van der Waals surface area (Å²) in [6, 6.07) is 1.97. The number of nitrogens with zero attached hydrogens (tertiary/aromatic N) is 3. The first-order valence-electron chi connectivity index (χ1n) is 9.61. The Bertz CT molecular complexity index is 799. The van der Waals surface area contributed by atoms with Crippen LogP contribution in [0.4, 0.5) is 0 Å². The Balaban J connectivity index is 1.37. The van der Waals surface area contributed by atoms with E-state index >= 15 is 0 Å². The molecule has 0 bridgehead atoms. The molecule has 0 aromatic carbocycles. The maximum atomic E-state index is 6.50. The number of nitrogens with one attached hydrogen (secondary N) is 1. The topological polar surface area (TPSA) is 61.2 Å². The second-order valence-electron chi connectivity index (χ2n) is 6.90. The van der Waals surface area contributed by atoms with Crippen LogP contribution in [-0.4, -0.2) is 47.4 Å². The summed E-state index contributed by atoms with van der Waals surface area (Å²) in [5.74, 6) is 0. The monoisotopic (exact) mass is 388 g/mol. The van der Waals surface area contributed by atoms with E-state index in [4.69, 9.17) is 21.1 Å². The van der Waals surface area contributed by atoms with Gasteiger partial charge in [-0.2, -0.15) is 5.10 Å². The smallest absolute Gasteiger partial charge is 0.157 e. The van der Waals surface area contributed by atoms with Gasteiger partial charge < -0.3 is 14.8 Å². The lowest BCUT2D eigenvalue weighted by atomic mass is 10.0. The Kier molecular flexibility index (Phi) is 6.19. The molecule has 0 spiro atoms. The predicted molar refractivity (Wildman–Crippen MR) is 105 cm³/mol. The van der Waals surface area contributed by atoms with Crippen molar-refractivity contribution >= 4 is 17.2 Å². The van der Waals surface area contributed by atoms with E-state index in [-0.39, 0.29) is 6.29 Å². The Morgan fingerprint density at radius 3 is 3.04 bits per heavy atom. The Morgan fingerprint density at radius 1 is 1.30 bits per heavy atom. The molecule has 1 unspecified atom stereocenters. The summed E-state index contributed by atoms with van der Waals surface area (Å²) in [4.78, 5) is 4.60. The molecule has 1 atom stereocenters. The fourth-order valence-corrected chi connectivity index (χ4v) is 3.71. The largest absolute Gasteiger partial charge is 0.353 e. The zero-order valence-electron chi connectivity index (χ0n) is 15.4. The van der Waals surface area contributed by atoms with Crippen LogP contribution < -0.4 is 5.32 Å². The van der Waals surface area contributed by atoms with Crippen molar-refractivity contribution in [1.29, 1.82) is 0 Å². The molecule has 1 saturated heterocycles. The van der Waals surface area contributed by atoms with Crippen LogP contribution in [0, 0.1) is 0 Å². The summed E-state index contributed by atoms with van der Waals surface area (Å²) in [5, 5.41) is 8.41. The van der Waals surface area contributed by atoms with Crippen LogP contribution in [0.3, 0.4) is 0 Å². The lowest BCUT2D eigenvalue weighted by Gasteiger charge is -2.22. The second kappa shape index (κ2) is 8.97. The van der Waals surface area contributed by atoms with Crippen molar-refractivity contribution in [3.05, 3.63) is 41.4 Å². The van der Waals surface area contributed by atoms with Crippen LogP contribution in [0.5, 0.6) is 0 Å². The molecule has 0 amide bonds. The van der Waals surface area contributed by atoms with Gasteiger partial charge in [0.15, 0.2) is 6.29 Å². The van der Waals surface area contributed by atoms with Crippen LogP contribution in [0.15, 0.2) is 30.7 Å². The van der Waals surface area contributed by atoms with Crippen molar-refractivity contribution in [3.63, 3.8) is 0 Å². The third kappa shape index (κ3) is 4.76. The molecule has 27 heavy (non-hydrogen) atoms. The van der Waals surface area contributed by atoms with E-state index in [1.54, 1.807) is 0 Å². The molecule has 0 saturated carbocycles. The zero-order chi connectivity index (χ0) is 18.5. The quantitative estimate of drug-likeness (QED) is 0.820. The van der Waals surface area contributed by atoms with Gasteiger partial charge in [-0.15, -0.1) is 0 Å². The van der Waals surface area contributed by atoms with Gasteiger partial charge in [-0.05, 0) is 43.9 Å². The highest BCUT2D eigenvalue weighted by molar-refractivity contribution is 6.32. The highest BCUT2D eigenvalue weighted by Gasteiger charge is 2.15. The second-order valence-corrected chi connectivity index (χ2v) is 7.30. The molecule has 2 aliphatic heterocycles. The summed E-state index contributed by atoms with van der Waals surface area (Å²) in [6.45, 7) is 3.92. The van der Waals surface area contributed by atoms with Gasteiger partial charge in [0.2, 0.25) is 0 Å². The number of rotatable bonds is 6. The third-order valence-corrected chi connectivity index (χ3v) is 5.23. The number of ether oxygens (including phenoxy) is 2. The lowest BCUT2D eigenvalue weighted by Crippen LogP contribution is -2.24. The highest BCUT2D eigenvalue weighted by Crippen LogP contribution is 2.29. The van der Waals surface area contributed by atoms with Crippen molar-refractivity contribution in [2.75, 3.05) is 26.3 Å². The summed E-state index contributed by atoms with van der Waals surface area (Å²) in [6.07, 6.45) is 12.1. The normalized spacial score (nSPS) is 20.5. The van der Waals surface area contributed by atoms with E-state index in [2.05, 4.69) is 21.5 Å². The molecule has 2 aliphatic rings. The average Bonchev–Trinajstić information content (AvgIpc) is 3.18. The molecule has 2 aromatic heterocycles. The van der Waals surface area contributed by atoms with Crippen molar-refractivity contribution in [1.82, 2.24) is 20.1 Å². The number of aromatic nitrogens is 3. The molecule has 0 aliphatic carbocycles. The molecular formula is C20H25ClN4O2. The van der Waals surface area contributed by atoms with E-state index in [0.717, 1.165) is 55.8 Å². The minimum Gasteiger partial charge on any atom is -0.353 e. The Hall–Kier alpha value is -1.73. The van der Waals surface area contributed by atoms with E-state index in [1.807, 2.05) is 29.3 Å². The molecule has 6 nitrogen and oxygen atoms in total. The highest BCUT2D eigenvalue weighted by atomic mass is 35.5. The van der Waals surface area contributed by atoms with Crippen LogP contribution >= 0.6 is 11.6 Å². The molecule has 7 heteroatoms. The predicted octanol–water partition coefficient (Wildman–Crippen LogP) is 3.52. The van der Waals surface area contributed by atoms with E-state index in [1.165, 1.54) is 12.0 Å². The maximum absolute atomic E-state index is 6.50. The minimum atomic E-state index is -0.0615. The Morgan fingerprint density at radius 2 is 2.26 bits per heavy atom. The summed E-state index contributed by atoms with van der Waals surface area (Å²) in [5.41, 5.74) is 4.07. The van der Waals surface area contributed by atoms with Crippen LogP contribution in [0.2, 0.25) is 5.02 Å². The zero-order valence-corrected chi connectivity index (χ0v) is 16.1. The summed E-state index contributed by atoms with van der Waals surface area (Å²) in [7, 11) is 0. The van der Waals surface area contributed by atoms with Gasteiger partial charge in [-0.3, -0.25) is 9.67 Å². The first-order chi connectivity index (χ1) is 13.3. The standard InChI is InChI=1S/C20H25ClN4O2/c21-18-11-16(12-23-20(18)15-4-6-22-7-5-15)17-13-24-25(14-17)8-10-27-19-3-1-2-9-26-19/h4,11-14,19,22H,1-3,5-10H2. The van der Waals surface area contributed by atoms with E-state index in [0.29, 0.717) is 18.2 Å². The fourth-order valence-electron chi connectivity index (χ4n) is 3.42.